The van der Waals surface area contributed by atoms with Crippen LogP contribution < -0.4 is 5.73 Å². The molecule has 0 unspecified atom stereocenters. The third-order valence-corrected chi connectivity index (χ3v) is 1.97. The van der Waals surface area contributed by atoms with E-state index >= 15 is 0 Å². The van der Waals surface area contributed by atoms with Crippen LogP contribution in [0.1, 0.15) is 52.9 Å². The molecule has 0 amide bonds. The Morgan fingerprint density at radius 1 is 1.09 bits per heavy atom. The van der Waals surface area contributed by atoms with Crippen LogP contribution in [0.3, 0.4) is 0 Å². The second kappa shape index (κ2) is 6.26. The average molecular weight is 155 g/mol. The van der Waals surface area contributed by atoms with Gasteiger partial charge >= 0.3 is 0 Å². The first-order valence-electron chi connectivity index (χ1n) is 4.66. The highest BCUT2D eigenvalue weighted by molar-refractivity contribution is 5.07. The van der Waals surface area contributed by atoms with Crippen molar-refractivity contribution in [2.75, 3.05) is 0 Å². The van der Waals surface area contributed by atoms with Gasteiger partial charge in [0.1, 0.15) is 0 Å². The van der Waals surface area contributed by atoms with Crippen LogP contribution in [0.4, 0.5) is 0 Å². The maximum Gasteiger partial charge on any atom is 0.00695 e. The summed E-state index contributed by atoms with van der Waals surface area (Å²) >= 11 is 0. The van der Waals surface area contributed by atoms with Gasteiger partial charge in [-0.05, 0) is 26.2 Å². The molecule has 0 aromatic rings. The van der Waals surface area contributed by atoms with Crippen LogP contribution in [0.5, 0.6) is 0 Å². The van der Waals surface area contributed by atoms with Crippen LogP contribution in [0.15, 0.2) is 11.3 Å². The van der Waals surface area contributed by atoms with Gasteiger partial charge in [-0.25, -0.2) is 0 Å². The molecular formula is C10H21N. The molecule has 1 nitrogen and oxygen atoms in total. The number of allylic oxidation sites excluding steroid dienone is 2. The van der Waals surface area contributed by atoms with Crippen molar-refractivity contribution in [3.8, 4) is 0 Å². The summed E-state index contributed by atoms with van der Waals surface area (Å²) in [6.07, 6.45) is 5.92. The lowest BCUT2D eigenvalue weighted by atomic mass is 10.1. The minimum atomic E-state index is 1.09. The first-order valence-corrected chi connectivity index (χ1v) is 4.66. The van der Waals surface area contributed by atoms with Crippen molar-refractivity contribution < 1.29 is 0 Å². The van der Waals surface area contributed by atoms with E-state index in [0.29, 0.717) is 0 Å². The lowest BCUT2D eigenvalue weighted by Crippen LogP contribution is -2.00. The van der Waals surface area contributed by atoms with E-state index in [0.717, 1.165) is 18.5 Å². The maximum atomic E-state index is 5.87. The van der Waals surface area contributed by atoms with Crippen molar-refractivity contribution in [3.05, 3.63) is 11.3 Å². The fourth-order valence-corrected chi connectivity index (χ4v) is 1.12. The molecule has 0 bridgehead atoms. The molecule has 0 saturated heterocycles. The number of nitrogens with two attached hydrogens (primary N) is 1. The predicted molar refractivity (Wildman–Crippen MR) is 51.3 cm³/mol. The van der Waals surface area contributed by atoms with E-state index in [1.54, 1.807) is 0 Å². The molecule has 11 heavy (non-hydrogen) atoms. The SMILES string of the molecule is CCCC/C(N)=C(/C)CCC. The van der Waals surface area contributed by atoms with Crippen LogP contribution in [0.2, 0.25) is 0 Å². The summed E-state index contributed by atoms with van der Waals surface area (Å²) in [5, 5.41) is 0. The molecule has 0 spiro atoms. The smallest absolute Gasteiger partial charge is 0.00695 e. The highest BCUT2D eigenvalue weighted by Gasteiger charge is 1.95. The predicted octanol–water partition coefficient (Wildman–Crippen LogP) is 3.21. The Morgan fingerprint density at radius 3 is 2.18 bits per heavy atom. The molecule has 66 valence electrons. The summed E-state index contributed by atoms with van der Waals surface area (Å²) in [5.41, 5.74) is 8.38. The van der Waals surface area contributed by atoms with Crippen molar-refractivity contribution in [1.82, 2.24) is 0 Å². The number of hydrogen-bond donors (Lipinski definition) is 1. The molecule has 0 aliphatic heterocycles. The van der Waals surface area contributed by atoms with E-state index in [1.165, 1.54) is 24.8 Å². The summed E-state index contributed by atoms with van der Waals surface area (Å²) < 4.78 is 0. The number of hydrogen-bond acceptors (Lipinski definition) is 1. The normalized spacial score (nSPS) is 13.0. The molecule has 0 aliphatic rings. The molecule has 0 radical (unpaired) electrons. The highest BCUT2D eigenvalue weighted by atomic mass is 14.6. The minimum Gasteiger partial charge on any atom is -0.402 e. The Balaban J connectivity index is 3.73. The summed E-state index contributed by atoms with van der Waals surface area (Å²) in [4.78, 5) is 0. The van der Waals surface area contributed by atoms with Gasteiger partial charge in [-0.3, -0.25) is 0 Å². The van der Waals surface area contributed by atoms with Gasteiger partial charge in [0.2, 0.25) is 0 Å². The Hall–Kier alpha value is -0.460. The number of unbranched alkanes of at least 4 members (excludes halogenated alkanes) is 1. The summed E-state index contributed by atoms with van der Waals surface area (Å²) in [7, 11) is 0. The first kappa shape index (κ1) is 10.5. The van der Waals surface area contributed by atoms with Gasteiger partial charge in [0.15, 0.2) is 0 Å². The molecule has 0 saturated carbocycles. The largest absolute Gasteiger partial charge is 0.402 e. The van der Waals surface area contributed by atoms with Gasteiger partial charge in [0.05, 0.1) is 0 Å². The van der Waals surface area contributed by atoms with Gasteiger partial charge in [-0.2, -0.15) is 0 Å². The number of rotatable bonds is 5. The monoisotopic (exact) mass is 155 g/mol. The topological polar surface area (TPSA) is 26.0 Å². The van der Waals surface area contributed by atoms with Crippen molar-refractivity contribution in [3.63, 3.8) is 0 Å². The molecule has 0 rings (SSSR count). The quantitative estimate of drug-likeness (QED) is 0.648. The zero-order valence-electron chi connectivity index (χ0n) is 8.11. The van der Waals surface area contributed by atoms with Crippen molar-refractivity contribution >= 4 is 0 Å². The van der Waals surface area contributed by atoms with Crippen LogP contribution in [-0.4, -0.2) is 0 Å². The van der Waals surface area contributed by atoms with Gasteiger partial charge < -0.3 is 5.73 Å². The van der Waals surface area contributed by atoms with Gasteiger partial charge in [-0.1, -0.05) is 32.3 Å². The van der Waals surface area contributed by atoms with Crippen LogP contribution in [0, 0.1) is 0 Å². The molecule has 0 aromatic carbocycles. The third-order valence-electron chi connectivity index (χ3n) is 1.97. The zero-order valence-corrected chi connectivity index (χ0v) is 8.11. The van der Waals surface area contributed by atoms with Crippen molar-refractivity contribution in [2.45, 2.75) is 52.9 Å². The Bertz CT molecular complexity index is 125. The molecule has 1 heteroatoms. The molecule has 0 fully saturated rings. The summed E-state index contributed by atoms with van der Waals surface area (Å²) in [5.74, 6) is 0. The van der Waals surface area contributed by atoms with Crippen molar-refractivity contribution in [2.24, 2.45) is 5.73 Å². The van der Waals surface area contributed by atoms with Crippen LogP contribution in [-0.2, 0) is 0 Å². The minimum absolute atomic E-state index is 1.09. The summed E-state index contributed by atoms with van der Waals surface area (Å²) in [6.45, 7) is 6.54. The first-order chi connectivity index (χ1) is 5.22. The zero-order chi connectivity index (χ0) is 8.69. The third kappa shape index (κ3) is 4.88. The highest BCUT2D eigenvalue weighted by Crippen LogP contribution is 2.11. The van der Waals surface area contributed by atoms with E-state index in [9.17, 15) is 0 Å². The lowest BCUT2D eigenvalue weighted by molar-refractivity contribution is 0.760. The van der Waals surface area contributed by atoms with Gasteiger partial charge in [0.25, 0.3) is 0 Å². The standard InChI is InChI=1S/C10H21N/c1-4-6-8-10(11)9(3)7-5-2/h4-8,11H2,1-3H3/b10-9+. The Kier molecular flexibility index (Phi) is 6.00. The van der Waals surface area contributed by atoms with E-state index in [1.807, 2.05) is 0 Å². The Labute approximate surface area is 70.7 Å². The maximum absolute atomic E-state index is 5.87. The van der Waals surface area contributed by atoms with Gasteiger partial charge in [-0.15, -0.1) is 0 Å². The second-order valence-electron chi connectivity index (χ2n) is 3.16. The molecule has 2 N–H and O–H groups in total. The van der Waals surface area contributed by atoms with Gasteiger partial charge in [0, 0.05) is 5.70 Å². The molecule has 0 heterocycles. The van der Waals surface area contributed by atoms with E-state index in [-0.39, 0.29) is 0 Å². The molecule has 0 aliphatic carbocycles. The molecular weight excluding hydrogens is 134 g/mol. The molecule has 0 aromatic heterocycles. The summed E-state index contributed by atoms with van der Waals surface area (Å²) in [6, 6.07) is 0. The van der Waals surface area contributed by atoms with E-state index < -0.39 is 0 Å². The van der Waals surface area contributed by atoms with Crippen molar-refractivity contribution in [1.29, 1.82) is 0 Å². The fraction of sp³-hybridized carbons (Fsp3) is 0.800. The molecule has 0 atom stereocenters. The second-order valence-corrected chi connectivity index (χ2v) is 3.16. The average Bonchev–Trinajstić information content (AvgIpc) is 2.00. The lowest BCUT2D eigenvalue weighted by Gasteiger charge is -2.05. The fourth-order valence-electron chi connectivity index (χ4n) is 1.12. The Morgan fingerprint density at radius 2 is 1.73 bits per heavy atom. The van der Waals surface area contributed by atoms with Crippen LogP contribution in [0.25, 0.3) is 0 Å². The van der Waals surface area contributed by atoms with Crippen LogP contribution >= 0.6 is 0 Å². The van der Waals surface area contributed by atoms with E-state index in [2.05, 4.69) is 20.8 Å². The van der Waals surface area contributed by atoms with E-state index in [4.69, 9.17) is 5.73 Å².